The Labute approximate surface area is 112 Å². The number of carbonyl (C=O) groups is 1. The molecular weight excluding hydrogens is 250 g/mol. The minimum Gasteiger partial charge on any atom is -0.325 e. The first-order valence-corrected chi connectivity index (χ1v) is 7.69. The molecule has 0 bridgehead atoms. The third-order valence-corrected chi connectivity index (χ3v) is 3.99. The number of amides is 1. The van der Waals surface area contributed by atoms with Crippen LogP contribution in [0.1, 0.15) is 20.8 Å². The van der Waals surface area contributed by atoms with Crippen molar-refractivity contribution in [2.75, 3.05) is 17.3 Å². The van der Waals surface area contributed by atoms with Gasteiger partial charge in [-0.05, 0) is 24.5 Å². The molecule has 4 heteroatoms. The summed E-state index contributed by atoms with van der Waals surface area (Å²) in [7, 11) is 0. The first-order chi connectivity index (χ1) is 7.90. The van der Waals surface area contributed by atoms with Gasteiger partial charge in [0.15, 0.2) is 0 Å². The average Bonchev–Trinajstić information content (AvgIpc) is 2.26. The van der Waals surface area contributed by atoms with Crippen LogP contribution in [0.3, 0.4) is 0 Å². The van der Waals surface area contributed by atoms with Gasteiger partial charge in [0.05, 0.1) is 5.75 Å². The maximum atomic E-state index is 11.7. The van der Waals surface area contributed by atoms with Crippen LogP contribution in [-0.4, -0.2) is 22.7 Å². The van der Waals surface area contributed by atoms with E-state index in [2.05, 4.69) is 26.1 Å². The highest BCUT2D eigenvalue weighted by Crippen LogP contribution is 2.23. The van der Waals surface area contributed by atoms with Crippen LogP contribution in [0.5, 0.6) is 0 Å². The Balaban J connectivity index is 2.50. The van der Waals surface area contributed by atoms with Gasteiger partial charge in [-0.1, -0.05) is 26.8 Å². The number of rotatable bonds is 4. The quantitative estimate of drug-likeness (QED) is 0.841. The molecule has 0 saturated carbocycles. The molecule has 1 N–H and O–H groups in total. The molecule has 0 fully saturated rings. The summed E-state index contributed by atoms with van der Waals surface area (Å²) in [5.41, 5.74) is 0.872. The van der Waals surface area contributed by atoms with E-state index >= 15 is 0 Å². The van der Waals surface area contributed by atoms with Gasteiger partial charge >= 0.3 is 0 Å². The summed E-state index contributed by atoms with van der Waals surface area (Å²) < 4.78 is 0.123. The van der Waals surface area contributed by atoms with Crippen molar-refractivity contribution in [1.82, 2.24) is 0 Å². The predicted octanol–water partition coefficient (Wildman–Crippen LogP) is 3.88. The largest absolute Gasteiger partial charge is 0.325 e. The molecule has 1 aromatic rings. The molecule has 94 valence electrons. The van der Waals surface area contributed by atoms with Crippen molar-refractivity contribution in [2.45, 2.75) is 30.4 Å². The Morgan fingerprint density at radius 3 is 2.65 bits per heavy atom. The summed E-state index contributed by atoms with van der Waals surface area (Å²) >= 11 is 3.32. The van der Waals surface area contributed by atoms with E-state index in [0.717, 1.165) is 10.6 Å². The summed E-state index contributed by atoms with van der Waals surface area (Å²) in [4.78, 5) is 12.9. The topological polar surface area (TPSA) is 29.1 Å². The van der Waals surface area contributed by atoms with Crippen molar-refractivity contribution >= 4 is 35.1 Å². The van der Waals surface area contributed by atoms with Crippen molar-refractivity contribution in [3.8, 4) is 0 Å². The number of hydrogen-bond acceptors (Lipinski definition) is 3. The monoisotopic (exact) mass is 269 g/mol. The van der Waals surface area contributed by atoms with Crippen LogP contribution in [0.15, 0.2) is 29.2 Å². The van der Waals surface area contributed by atoms with Gasteiger partial charge in [0.1, 0.15) is 0 Å². The van der Waals surface area contributed by atoms with E-state index in [1.165, 1.54) is 0 Å². The second kappa shape index (κ2) is 6.36. The number of thioether (sulfide) groups is 2. The summed E-state index contributed by atoms with van der Waals surface area (Å²) in [6.07, 6.45) is 2.02. The standard InChI is InChI=1S/C13H19NOS2/c1-13(2,3)17-9-12(15)14-10-6-5-7-11(8-10)16-4/h5-8H,9H2,1-4H3,(H,14,15). The Bertz CT molecular complexity index is 385. The molecule has 0 radical (unpaired) electrons. The van der Waals surface area contributed by atoms with Gasteiger partial charge in [0.25, 0.3) is 0 Å². The maximum absolute atomic E-state index is 11.7. The van der Waals surface area contributed by atoms with E-state index in [9.17, 15) is 4.79 Å². The van der Waals surface area contributed by atoms with Crippen LogP contribution in [-0.2, 0) is 4.79 Å². The molecular formula is C13H19NOS2. The SMILES string of the molecule is CSc1cccc(NC(=O)CSC(C)(C)C)c1. The van der Waals surface area contributed by atoms with Gasteiger partial charge < -0.3 is 5.32 Å². The van der Waals surface area contributed by atoms with Crippen molar-refractivity contribution in [1.29, 1.82) is 0 Å². The minimum atomic E-state index is 0.0585. The first kappa shape index (κ1) is 14.5. The maximum Gasteiger partial charge on any atom is 0.234 e. The third-order valence-electron chi connectivity index (χ3n) is 1.99. The Morgan fingerprint density at radius 2 is 2.06 bits per heavy atom. The van der Waals surface area contributed by atoms with Crippen LogP contribution in [0.4, 0.5) is 5.69 Å². The van der Waals surface area contributed by atoms with Crippen molar-refractivity contribution < 1.29 is 4.79 Å². The zero-order chi connectivity index (χ0) is 12.9. The van der Waals surface area contributed by atoms with Crippen LogP contribution in [0.2, 0.25) is 0 Å². The van der Waals surface area contributed by atoms with Crippen molar-refractivity contribution in [3.05, 3.63) is 24.3 Å². The summed E-state index contributed by atoms with van der Waals surface area (Å²) in [6, 6.07) is 7.90. The second-order valence-electron chi connectivity index (χ2n) is 4.68. The van der Waals surface area contributed by atoms with Gasteiger partial charge in [0, 0.05) is 15.3 Å². The second-order valence-corrected chi connectivity index (χ2v) is 7.36. The van der Waals surface area contributed by atoms with Crippen LogP contribution < -0.4 is 5.32 Å². The number of nitrogens with one attached hydrogen (secondary N) is 1. The Kier molecular flexibility index (Phi) is 5.40. The molecule has 0 saturated heterocycles. The molecule has 1 aromatic carbocycles. The summed E-state index contributed by atoms with van der Waals surface area (Å²) in [5.74, 6) is 0.552. The Hall–Kier alpha value is -0.610. The highest BCUT2D eigenvalue weighted by Gasteiger charge is 2.13. The van der Waals surface area contributed by atoms with Crippen molar-refractivity contribution in [3.63, 3.8) is 0 Å². The molecule has 0 aliphatic carbocycles. The predicted molar refractivity (Wildman–Crippen MR) is 79.1 cm³/mol. The zero-order valence-electron chi connectivity index (χ0n) is 10.7. The fraction of sp³-hybridized carbons (Fsp3) is 0.462. The van der Waals surface area contributed by atoms with Gasteiger partial charge in [-0.25, -0.2) is 0 Å². The molecule has 1 rings (SSSR count). The third kappa shape index (κ3) is 6.03. The van der Waals surface area contributed by atoms with E-state index in [1.54, 1.807) is 23.5 Å². The first-order valence-electron chi connectivity index (χ1n) is 5.48. The lowest BCUT2D eigenvalue weighted by Gasteiger charge is -2.17. The molecule has 2 nitrogen and oxygen atoms in total. The number of carbonyl (C=O) groups excluding carboxylic acids is 1. The normalized spacial score (nSPS) is 11.3. The minimum absolute atomic E-state index is 0.0585. The van der Waals surface area contributed by atoms with E-state index in [4.69, 9.17) is 0 Å². The lowest BCUT2D eigenvalue weighted by Crippen LogP contribution is -2.18. The van der Waals surface area contributed by atoms with E-state index in [-0.39, 0.29) is 10.7 Å². The highest BCUT2D eigenvalue weighted by atomic mass is 32.2. The molecule has 0 atom stereocenters. The number of hydrogen-bond donors (Lipinski definition) is 1. The van der Waals surface area contributed by atoms with Crippen LogP contribution >= 0.6 is 23.5 Å². The van der Waals surface area contributed by atoms with E-state index in [0.29, 0.717) is 5.75 Å². The van der Waals surface area contributed by atoms with Gasteiger partial charge in [0.2, 0.25) is 5.91 Å². The van der Waals surface area contributed by atoms with Gasteiger partial charge in [-0.15, -0.1) is 23.5 Å². The van der Waals surface area contributed by atoms with E-state index < -0.39 is 0 Å². The number of anilines is 1. The summed E-state index contributed by atoms with van der Waals surface area (Å²) in [6.45, 7) is 6.33. The molecule has 17 heavy (non-hydrogen) atoms. The molecule has 0 aromatic heterocycles. The fourth-order valence-electron chi connectivity index (χ4n) is 1.18. The Morgan fingerprint density at radius 1 is 1.35 bits per heavy atom. The molecule has 0 heterocycles. The van der Waals surface area contributed by atoms with Crippen molar-refractivity contribution in [2.24, 2.45) is 0 Å². The lowest BCUT2D eigenvalue weighted by molar-refractivity contribution is -0.113. The van der Waals surface area contributed by atoms with Gasteiger partial charge in [-0.3, -0.25) is 4.79 Å². The zero-order valence-corrected chi connectivity index (χ0v) is 12.4. The molecule has 0 unspecified atom stereocenters. The smallest absolute Gasteiger partial charge is 0.234 e. The van der Waals surface area contributed by atoms with Crippen LogP contribution in [0.25, 0.3) is 0 Å². The highest BCUT2D eigenvalue weighted by molar-refractivity contribution is 8.01. The number of benzene rings is 1. The molecule has 0 spiro atoms. The van der Waals surface area contributed by atoms with Crippen LogP contribution in [0, 0.1) is 0 Å². The van der Waals surface area contributed by atoms with Gasteiger partial charge in [-0.2, -0.15) is 0 Å². The lowest BCUT2D eigenvalue weighted by atomic mass is 10.3. The molecule has 1 amide bonds. The summed E-state index contributed by atoms with van der Waals surface area (Å²) in [5, 5.41) is 2.92. The molecule has 0 aliphatic rings. The average molecular weight is 269 g/mol. The van der Waals surface area contributed by atoms with E-state index in [1.807, 2.05) is 30.5 Å². The molecule has 0 aliphatic heterocycles. The fourth-order valence-corrected chi connectivity index (χ4v) is 2.28.